The number of aromatic nitrogens is 1. The summed E-state index contributed by atoms with van der Waals surface area (Å²) in [4.78, 5) is 9.31. The first-order valence-electron chi connectivity index (χ1n) is 5.73. The molecule has 4 heteroatoms. The molecule has 3 nitrogen and oxygen atoms in total. The van der Waals surface area contributed by atoms with Crippen LogP contribution in [-0.4, -0.2) is 31.7 Å². The van der Waals surface area contributed by atoms with Gasteiger partial charge in [-0.15, -0.1) is 11.3 Å². The van der Waals surface area contributed by atoms with Crippen LogP contribution >= 0.6 is 11.3 Å². The second-order valence-corrected chi connectivity index (χ2v) is 4.94. The third-order valence-electron chi connectivity index (χ3n) is 2.80. The Morgan fingerprint density at radius 2 is 2.20 bits per heavy atom. The average molecular weight is 225 g/mol. The first kappa shape index (κ1) is 10.7. The van der Waals surface area contributed by atoms with E-state index in [0.717, 1.165) is 11.7 Å². The summed E-state index contributed by atoms with van der Waals surface area (Å²) in [5.74, 6) is 1.18. The Bertz CT molecular complexity index is 305. The first-order valence-corrected chi connectivity index (χ1v) is 6.61. The van der Waals surface area contributed by atoms with Gasteiger partial charge < -0.3 is 9.80 Å². The van der Waals surface area contributed by atoms with E-state index in [2.05, 4.69) is 34.1 Å². The van der Waals surface area contributed by atoms with E-state index in [1.807, 2.05) is 0 Å². The third-order valence-corrected chi connectivity index (χ3v) is 3.74. The molecule has 1 aliphatic heterocycles. The molecule has 1 fully saturated rings. The zero-order valence-electron chi connectivity index (χ0n) is 9.57. The molecule has 15 heavy (non-hydrogen) atoms. The molecule has 0 N–H and O–H groups in total. The Morgan fingerprint density at radius 1 is 1.47 bits per heavy atom. The number of rotatable bonds is 4. The molecule has 84 valence electrons. The van der Waals surface area contributed by atoms with Gasteiger partial charge in [0.2, 0.25) is 0 Å². The van der Waals surface area contributed by atoms with Crippen molar-refractivity contribution in [3.05, 3.63) is 5.38 Å². The van der Waals surface area contributed by atoms with Gasteiger partial charge in [-0.3, -0.25) is 0 Å². The van der Waals surface area contributed by atoms with Gasteiger partial charge in [-0.2, -0.15) is 0 Å². The molecule has 0 spiro atoms. The molecule has 0 saturated carbocycles. The number of hydrogen-bond acceptors (Lipinski definition) is 4. The highest BCUT2D eigenvalue weighted by Crippen LogP contribution is 2.27. The molecule has 1 aliphatic rings. The van der Waals surface area contributed by atoms with E-state index in [4.69, 9.17) is 0 Å². The molecule has 0 atom stereocenters. The van der Waals surface area contributed by atoms with Gasteiger partial charge in [0.1, 0.15) is 5.82 Å². The maximum absolute atomic E-state index is 4.68. The lowest BCUT2D eigenvalue weighted by Gasteiger charge is -2.15. The summed E-state index contributed by atoms with van der Waals surface area (Å²) in [6, 6.07) is 0. The maximum atomic E-state index is 4.68. The lowest BCUT2D eigenvalue weighted by atomic mass is 10.4. The molecule has 1 aromatic heterocycles. The van der Waals surface area contributed by atoms with Crippen molar-refractivity contribution in [3.63, 3.8) is 0 Å². The predicted octanol–water partition coefficient (Wildman–Crippen LogP) is 2.59. The second-order valence-electron chi connectivity index (χ2n) is 4.10. The molecule has 0 unspecified atom stereocenters. The van der Waals surface area contributed by atoms with Gasteiger partial charge in [0.05, 0.1) is 0 Å². The van der Waals surface area contributed by atoms with Crippen molar-refractivity contribution < 1.29 is 0 Å². The molecule has 0 aliphatic carbocycles. The molecule has 1 aromatic rings. The minimum atomic E-state index is 1.09. The van der Waals surface area contributed by atoms with Gasteiger partial charge in [-0.05, 0) is 19.3 Å². The van der Waals surface area contributed by atoms with Crippen molar-refractivity contribution in [3.8, 4) is 0 Å². The van der Waals surface area contributed by atoms with Crippen LogP contribution in [0.5, 0.6) is 0 Å². The summed E-state index contributed by atoms with van der Waals surface area (Å²) in [7, 11) is 2.12. The summed E-state index contributed by atoms with van der Waals surface area (Å²) < 4.78 is 0. The van der Waals surface area contributed by atoms with Gasteiger partial charge in [0.15, 0.2) is 5.13 Å². The first-order chi connectivity index (χ1) is 7.31. The van der Waals surface area contributed by atoms with E-state index in [-0.39, 0.29) is 0 Å². The van der Waals surface area contributed by atoms with Crippen LogP contribution in [0.25, 0.3) is 0 Å². The van der Waals surface area contributed by atoms with Crippen LogP contribution in [0.1, 0.15) is 26.2 Å². The van der Waals surface area contributed by atoms with Crippen LogP contribution in [0, 0.1) is 0 Å². The zero-order chi connectivity index (χ0) is 10.7. The van der Waals surface area contributed by atoms with E-state index in [1.165, 1.54) is 38.2 Å². The van der Waals surface area contributed by atoms with Crippen LogP contribution in [0.4, 0.5) is 10.9 Å². The van der Waals surface area contributed by atoms with E-state index in [9.17, 15) is 0 Å². The number of thiazole rings is 1. The van der Waals surface area contributed by atoms with E-state index in [0.29, 0.717) is 0 Å². The molecule has 0 aromatic carbocycles. The van der Waals surface area contributed by atoms with Crippen molar-refractivity contribution in [2.24, 2.45) is 0 Å². The fourth-order valence-corrected chi connectivity index (χ4v) is 2.78. The van der Waals surface area contributed by atoms with Gasteiger partial charge in [0, 0.05) is 32.1 Å². The van der Waals surface area contributed by atoms with Crippen LogP contribution in [0.3, 0.4) is 0 Å². The molecule has 1 saturated heterocycles. The number of anilines is 2. The maximum Gasteiger partial charge on any atom is 0.187 e. The van der Waals surface area contributed by atoms with E-state index in [1.54, 1.807) is 11.3 Å². The highest BCUT2D eigenvalue weighted by molar-refractivity contribution is 7.14. The fraction of sp³-hybridized carbons (Fsp3) is 0.727. The SMILES string of the molecule is CCCN(C)c1nc(N2CCCC2)cs1. The number of hydrogen-bond donors (Lipinski definition) is 0. The van der Waals surface area contributed by atoms with Crippen LogP contribution in [-0.2, 0) is 0 Å². The van der Waals surface area contributed by atoms with Gasteiger partial charge in [0.25, 0.3) is 0 Å². The van der Waals surface area contributed by atoms with Crippen molar-refractivity contribution >= 4 is 22.3 Å². The molecule has 0 bridgehead atoms. The Hall–Kier alpha value is -0.770. The molecule has 0 radical (unpaired) electrons. The average Bonchev–Trinajstić information content (AvgIpc) is 2.89. The van der Waals surface area contributed by atoms with Gasteiger partial charge >= 0.3 is 0 Å². The minimum Gasteiger partial charge on any atom is -0.356 e. The molecular weight excluding hydrogens is 206 g/mol. The monoisotopic (exact) mass is 225 g/mol. The zero-order valence-corrected chi connectivity index (χ0v) is 10.4. The molecule has 2 rings (SSSR count). The highest BCUT2D eigenvalue weighted by Gasteiger charge is 2.15. The van der Waals surface area contributed by atoms with Gasteiger partial charge in [-0.25, -0.2) is 4.98 Å². The van der Waals surface area contributed by atoms with E-state index >= 15 is 0 Å². The quantitative estimate of drug-likeness (QED) is 0.785. The Morgan fingerprint density at radius 3 is 2.87 bits per heavy atom. The van der Waals surface area contributed by atoms with Crippen molar-refractivity contribution in [2.45, 2.75) is 26.2 Å². The summed E-state index contributed by atoms with van der Waals surface area (Å²) >= 11 is 1.76. The molecule has 0 amide bonds. The second kappa shape index (κ2) is 4.84. The normalized spacial score (nSPS) is 16.0. The summed E-state index contributed by atoms with van der Waals surface area (Å²) in [5, 5.41) is 3.34. The van der Waals surface area contributed by atoms with Crippen LogP contribution in [0.15, 0.2) is 5.38 Å². The van der Waals surface area contributed by atoms with Crippen LogP contribution < -0.4 is 9.80 Å². The fourth-order valence-electron chi connectivity index (χ4n) is 1.95. The molecule has 2 heterocycles. The Kier molecular flexibility index (Phi) is 3.46. The smallest absolute Gasteiger partial charge is 0.187 e. The minimum absolute atomic E-state index is 1.09. The van der Waals surface area contributed by atoms with Gasteiger partial charge in [-0.1, -0.05) is 6.92 Å². The summed E-state index contributed by atoms with van der Waals surface area (Å²) in [6.07, 6.45) is 3.81. The summed E-state index contributed by atoms with van der Waals surface area (Å²) in [6.45, 7) is 5.65. The summed E-state index contributed by atoms with van der Waals surface area (Å²) in [5.41, 5.74) is 0. The largest absolute Gasteiger partial charge is 0.356 e. The van der Waals surface area contributed by atoms with Crippen molar-refractivity contribution in [1.82, 2.24) is 4.98 Å². The van der Waals surface area contributed by atoms with Crippen molar-refractivity contribution in [1.29, 1.82) is 0 Å². The Labute approximate surface area is 95.7 Å². The Balaban J connectivity index is 2.02. The standard InChI is InChI=1S/C11H19N3S/c1-3-6-13(2)11-12-10(9-15-11)14-7-4-5-8-14/h9H,3-8H2,1-2H3. The lowest BCUT2D eigenvalue weighted by Crippen LogP contribution is -2.20. The topological polar surface area (TPSA) is 19.4 Å². The molecular formula is C11H19N3S. The lowest BCUT2D eigenvalue weighted by molar-refractivity contribution is 0.844. The van der Waals surface area contributed by atoms with Crippen LogP contribution in [0.2, 0.25) is 0 Å². The number of nitrogens with zero attached hydrogens (tertiary/aromatic N) is 3. The third kappa shape index (κ3) is 2.43. The predicted molar refractivity (Wildman–Crippen MR) is 67.1 cm³/mol. The van der Waals surface area contributed by atoms with E-state index < -0.39 is 0 Å². The van der Waals surface area contributed by atoms with Crippen molar-refractivity contribution in [2.75, 3.05) is 36.5 Å². The highest BCUT2D eigenvalue weighted by atomic mass is 32.1.